The summed E-state index contributed by atoms with van der Waals surface area (Å²) in [5.74, 6) is 0.145. The summed E-state index contributed by atoms with van der Waals surface area (Å²) < 4.78 is 15.6. The van der Waals surface area contributed by atoms with E-state index in [0.29, 0.717) is 11.5 Å². The van der Waals surface area contributed by atoms with Crippen LogP contribution in [0.1, 0.15) is 42.0 Å². The molecule has 0 radical (unpaired) electrons. The number of aromatic nitrogens is 2. The smallest absolute Gasteiger partial charge is 0.359 e. The van der Waals surface area contributed by atoms with Crippen LogP contribution in [0.15, 0.2) is 24.3 Å². The van der Waals surface area contributed by atoms with Crippen LogP contribution >= 0.6 is 0 Å². The van der Waals surface area contributed by atoms with Gasteiger partial charge in [-0.05, 0) is 37.1 Å². The molecule has 2 rings (SSSR count). The topological polar surface area (TPSA) is 103 Å². The molecule has 0 spiro atoms. The standard InChI is InChI=1S/C19H25N3O5/c1-5-6-14-10-15(22-21-14)19(24)27-12(2)18(23)20-11-13-7-8-16(25-3)17(9-13)26-4/h7-10,12H,5-6,11H2,1-4H3,(H,20,23)(H,21,22). The number of H-pyrrole nitrogens is 1. The third kappa shape index (κ3) is 5.47. The van der Waals surface area contributed by atoms with Crippen molar-refractivity contribution in [2.75, 3.05) is 14.2 Å². The normalized spacial score (nSPS) is 11.6. The van der Waals surface area contributed by atoms with Gasteiger partial charge in [-0.1, -0.05) is 19.4 Å². The Morgan fingerprint density at radius 3 is 2.59 bits per heavy atom. The van der Waals surface area contributed by atoms with Gasteiger partial charge in [-0.15, -0.1) is 0 Å². The van der Waals surface area contributed by atoms with E-state index in [4.69, 9.17) is 14.2 Å². The van der Waals surface area contributed by atoms with Crippen LogP contribution in [0.5, 0.6) is 11.5 Å². The molecule has 2 N–H and O–H groups in total. The van der Waals surface area contributed by atoms with E-state index in [1.165, 1.54) is 6.92 Å². The van der Waals surface area contributed by atoms with Crippen molar-refractivity contribution >= 4 is 11.9 Å². The average Bonchev–Trinajstić information content (AvgIpc) is 3.14. The van der Waals surface area contributed by atoms with Gasteiger partial charge >= 0.3 is 5.97 Å². The van der Waals surface area contributed by atoms with Gasteiger partial charge in [0.1, 0.15) is 0 Å². The Bertz CT molecular complexity index is 787. The van der Waals surface area contributed by atoms with Crippen LogP contribution in [0, 0.1) is 0 Å². The van der Waals surface area contributed by atoms with Crippen molar-refractivity contribution in [3.63, 3.8) is 0 Å². The van der Waals surface area contributed by atoms with Crippen LogP contribution in [0.4, 0.5) is 0 Å². The van der Waals surface area contributed by atoms with Crippen LogP contribution < -0.4 is 14.8 Å². The van der Waals surface area contributed by atoms with Gasteiger partial charge < -0.3 is 19.5 Å². The maximum Gasteiger partial charge on any atom is 0.359 e. The highest BCUT2D eigenvalue weighted by Crippen LogP contribution is 2.27. The Kier molecular flexibility index (Phi) is 7.22. The molecule has 0 aliphatic rings. The first kappa shape index (κ1) is 20.3. The number of rotatable bonds is 9. The lowest BCUT2D eigenvalue weighted by Gasteiger charge is -2.14. The Labute approximate surface area is 158 Å². The van der Waals surface area contributed by atoms with Gasteiger partial charge in [0.05, 0.1) is 14.2 Å². The second kappa shape index (κ2) is 9.61. The molecule has 1 heterocycles. The maximum absolute atomic E-state index is 12.2. The van der Waals surface area contributed by atoms with Gasteiger partial charge in [0.15, 0.2) is 23.3 Å². The Hall–Kier alpha value is -3.03. The zero-order chi connectivity index (χ0) is 19.8. The zero-order valence-electron chi connectivity index (χ0n) is 16.0. The maximum atomic E-state index is 12.2. The quantitative estimate of drug-likeness (QED) is 0.652. The lowest BCUT2D eigenvalue weighted by Crippen LogP contribution is -2.35. The minimum absolute atomic E-state index is 0.165. The molecule has 8 nitrogen and oxygen atoms in total. The predicted molar refractivity (Wildman–Crippen MR) is 98.9 cm³/mol. The number of nitrogens with one attached hydrogen (secondary N) is 2. The van der Waals surface area contributed by atoms with Crippen molar-refractivity contribution in [1.82, 2.24) is 15.5 Å². The van der Waals surface area contributed by atoms with E-state index in [0.717, 1.165) is 24.1 Å². The molecular weight excluding hydrogens is 350 g/mol. The first-order valence-electron chi connectivity index (χ1n) is 8.72. The van der Waals surface area contributed by atoms with Gasteiger partial charge in [0.25, 0.3) is 5.91 Å². The highest BCUT2D eigenvalue weighted by atomic mass is 16.5. The number of ether oxygens (including phenoxy) is 3. The molecule has 1 atom stereocenters. The molecule has 1 amide bonds. The third-order valence-electron chi connectivity index (χ3n) is 3.93. The fourth-order valence-electron chi connectivity index (χ4n) is 2.46. The second-order valence-corrected chi connectivity index (χ2v) is 5.98. The van der Waals surface area contributed by atoms with E-state index in [-0.39, 0.29) is 12.2 Å². The lowest BCUT2D eigenvalue weighted by molar-refractivity contribution is -0.129. The molecule has 8 heteroatoms. The lowest BCUT2D eigenvalue weighted by atomic mass is 10.2. The van der Waals surface area contributed by atoms with Gasteiger partial charge in [-0.2, -0.15) is 5.10 Å². The molecule has 0 bridgehead atoms. The fourth-order valence-corrected chi connectivity index (χ4v) is 2.46. The molecule has 1 unspecified atom stereocenters. The van der Waals surface area contributed by atoms with Crippen molar-refractivity contribution in [1.29, 1.82) is 0 Å². The third-order valence-corrected chi connectivity index (χ3v) is 3.93. The van der Waals surface area contributed by atoms with Crippen LogP contribution in [-0.2, 0) is 22.5 Å². The minimum Gasteiger partial charge on any atom is -0.493 e. The predicted octanol–water partition coefficient (Wildman–Crippen LogP) is 2.24. The molecule has 0 aliphatic carbocycles. The number of esters is 1. The molecule has 146 valence electrons. The monoisotopic (exact) mass is 375 g/mol. The Balaban J connectivity index is 1.88. The summed E-state index contributed by atoms with van der Waals surface area (Å²) in [5, 5.41) is 9.43. The van der Waals surface area contributed by atoms with Crippen molar-refractivity contribution in [2.24, 2.45) is 0 Å². The Morgan fingerprint density at radius 2 is 1.93 bits per heavy atom. The second-order valence-electron chi connectivity index (χ2n) is 5.98. The Morgan fingerprint density at radius 1 is 1.19 bits per heavy atom. The molecule has 1 aromatic carbocycles. The number of carbonyl (C=O) groups is 2. The largest absolute Gasteiger partial charge is 0.493 e. The molecule has 2 aromatic rings. The van der Waals surface area contributed by atoms with Gasteiger partial charge in [-0.25, -0.2) is 4.79 Å². The number of aryl methyl sites for hydroxylation is 1. The van der Waals surface area contributed by atoms with E-state index in [1.807, 2.05) is 13.0 Å². The van der Waals surface area contributed by atoms with Crippen molar-refractivity contribution < 1.29 is 23.8 Å². The molecule has 0 aliphatic heterocycles. The first-order chi connectivity index (χ1) is 13.0. The SMILES string of the molecule is CCCc1cc(C(=O)OC(C)C(=O)NCc2ccc(OC)c(OC)c2)n[nH]1. The highest BCUT2D eigenvalue weighted by molar-refractivity contribution is 5.90. The number of hydrogen-bond acceptors (Lipinski definition) is 6. The minimum atomic E-state index is -0.941. The summed E-state index contributed by atoms with van der Waals surface area (Å²) in [7, 11) is 3.10. The number of aromatic amines is 1. The number of methoxy groups -OCH3 is 2. The molecule has 1 aromatic heterocycles. The van der Waals surface area contributed by atoms with E-state index < -0.39 is 18.0 Å². The first-order valence-corrected chi connectivity index (χ1v) is 8.72. The number of amides is 1. The van der Waals surface area contributed by atoms with Crippen LogP contribution in [0.3, 0.4) is 0 Å². The molecule has 0 saturated heterocycles. The summed E-state index contributed by atoms with van der Waals surface area (Å²) in [6, 6.07) is 6.99. The van der Waals surface area contributed by atoms with Crippen LogP contribution in [-0.4, -0.2) is 42.4 Å². The summed E-state index contributed by atoms with van der Waals surface area (Å²) >= 11 is 0. The highest BCUT2D eigenvalue weighted by Gasteiger charge is 2.20. The van der Waals surface area contributed by atoms with Crippen LogP contribution in [0.2, 0.25) is 0 Å². The molecule has 0 fully saturated rings. The number of nitrogens with zero attached hydrogens (tertiary/aromatic N) is 1. The molecular formula is C19H25N3O5. The summed E-state index contributed by atoms with van der Waals surface area (Å²) in [5.41, 5.74) is 1.85. The summed E-state index contributed by atoms with van der Waals surface area (Å²) in [6.07, 6.45) is 0.789. The fraction of sp³-hybridized carbons (Fsp3) is 0.421. The summed E-state index contributed by atoms with van der Waals surface area (Å²) in [4.78, 5) is 24.3. The molecule has 0 saturated carbocycles. The van der Waals surface area contributed by atoms with E-state index in [1.54, 1.807) is 32.4 Å². The number of carbonyl (C=O) groups excluding carboxylic acids is 2. The van der Waals surface area contributed by atoms with Crippen LogP contribution in [0.25, 0.3) is 0 Å². The van der Waals surface area contributed by atoms with Crippen molar-refractivity contribution in [3.05, 3.63) is 41.2 Å². The van der Waals surface area contributed by atoms with Gasteiger partial charge in [-0.3, -0.25) is 9.89 Å². The van der Waals surface area contributed by atoms with E-state index >= 15 is 0 Å². The average molecular weight is 375 g/mol. The zero-order valence-corrected chi connectivity index (χ0v) is 16.0. The van der Waals surface area contributed by atoms with Crippen molar-refractivity contribution in [2.45, 2.75) is 39.3 Å². The van der Waals surface area contributed by atoms with Gasteiger partial charge in [0.2, 0.25) is 0 Å². The van der Waals surface area contributed by atoms with Gasteiger partial charge in [0, 0.05) is 12.2 Å². The molecule has 27 heavy (non-hydrogen) atoms. The number of hydrogen-bond donors (Lipinski definition) is 2. The van der Waals surface area contributed by atoms with Crippen molar-refractivity contribution in [3.8, 4) is 11.5 Å². The van der Waals surface area contributed by atoms with E-state index in [9.17, 15) is 9.59 Å². The number of benzene rings is 1. The summed E-state index contributed by atoms with van der Waals surface area (Å²) in [6.45, 7) is 3.81. The van der Waals surface area contributed by atoms with E-state index in [2.05, 4.69) is 15.5 Å².